The number of unbranched alkanes of at least 4 members (excludes halogenated alkanes) is 2. The number of hydrogen-bond acceptors (Lipinski definition) is 12. The number of nitrogens with zero attached hydrogens (tertiary/aromatic N) is 2. The van der Waals surface area contributed by atoms with E-state index in [1.54, 1.807) is 32.0 Å². The SMILES string of the molecule is CCCCC[C@@H](C(=O)NCNC(=O)c1ccc(-c2ccc(C(=O)N[C@@H](CC(=O)O)C(=O)O)c(OCC)c2)o1)[C@@H](CC)N(C=O)OC(=O)c1ccc2c(c1)N(C)CCO2. The first-order chi connectivity index (χ1) is 27.8. The second kappa shape index (κ2) is 21.1. The average molecular weight is 808 g/mol. The van der Waals surface area contributed by atoms with E-state index < -0.39 is 60.1 Å². The van der Waals surface area contributed by atoms with Crippen LogP contribution >= 0.6 is 0 Å². The summed E-state index contributed by atoms with van der Waals surface area (Å²) in [7, 11) is 1.87. The molecule has 312 valence electrons. The highest BCUT2D eigenvalue weighted by Crippen LogP contribution is 2.32. The van der Waals surface area contributed by atoms with Crippen LogP contribution in [-0.4, -0.2) is 103 Å². The number of nitrogens with one attached hydrogen (secondary N) is 3. The molecule has 18 heteroatoms. The highest BCUT2D eigenvalue weighted by atomic mass is 16.7. The van der Waals surface area contributed by atoms with Gasteiger partial charge in [-0.2, -0.15) is 5.06 Å². The number of carbonyl (C=O) groups is 7. The van der Waals surface area contributed by atoms with Crippen LogP contribution in [0.5, 0.6) is 11.5 Å². The van der Waals surface area contributed by atoms with E-state index in [0.717, 1.165) is 17.9 Å². The molecule has 58 heavy (non-hydrogen) atoms. The lowest BCUT2D eigenvalue weighted by molar-refractivity contribution is -0.171. The summed E-state index contributed by atoms with van der Waals surface area (Å²) >= 11 is 0. The number of benzene rings is 2. The number of carboxylic acids is 2. The molecule has 1 aliphatic heterocycles. The van der Waals surface area contributed by atoms with E-state index in [2.05, 4.69) is 16.0 Å². The number of hydroxylamine groups is 2. The minimum atomic E-state index is -1.67. The highest BCUT2D eigenvalue weighted by Gasteiger charge is 2.34. The maximum atomic E-state index is 13.6. The third kappa shape index (κ3) is 11.5. The van der Waals surface area contributed by atoms with Gasteiger partial charge in [0.2, 0.25) is 12.3 Å². The Bertz CT molecular complexity index is 1960. The van der Waals surface area contributed by atoms with Crippen LogP contribution in [0, 0.1) is 5.92 Å². The molecule has 2 heterocycles. The molecule has 0 unspecified atom stereocenters. The number of carboxylic acid groups (broad SMARTS) is 2. The summed E-state index contributed by atoms with van der Waals surface area (Å²) in [6.45, 7) is 6.44. The van der Waals surface area contributed by atoms with E-state index in [9.17, 15) is 38.7 Å². The van der Waals surface area contributed by atoms with E-state index in [4.69, 9.17) is 23.8 Å². The van der Waals surface area contributed by atoms with Gasteiger partial charge >= 0.3 is 17.9 Å². The predicted molar refractivity (Wildman–Crippen MR) is 207 cm³/mol. The molecule has 0 saturated heterocycles. The lowest BCUT2D eigenvalue weighted by atomic mass is 9.90. The summed E-state index contributed by atoms with van der Waals surface area (Å²) in [5.74, 6) is -5.68. The molecule has 3 atom stereocenters. The number of aliphatic carboxylic acids is 2. The van der Waals surface area contributed by atoms with Gasteiger partial charge in [0, 0.05) is 12.6 Å². The number of amides is 4. The fraction of sp³-hybridized carbons (Fsp3) is 0.425. The van der Waals surface area contributed by atoms with Crippen molar-refractivity contribution >= 4 is 47.7 Å². The molecular formula is C40H49N5O13. The highest BCUT2D eigenvalue weighted by molar-refractivity contribution is 6.00. The smallest absolute Gasteiger partial charge is 0.363 e. The van der Waals surface area contributed by atoms with E-state index in [1.807, 2.05) is 18.9 Å². The maximum Gasteiger partial charge on any atom is 0.363 e. The van der Waals surface area contributed by atoms with Crippen molar-refractivity contribution in [2.24, 2.45) is 5.92 Å². The fourth-order valence-electron chi connectivity index (χ4n) is 6.34. The monoisotopic (exact) mass is 807 g/mol. The maximum absolute atomic E-state index is 13.6. The second-order valence-electron chi connectivity index (χ2n) is 13.4. The minimum Gasteiger partial charge on any atom is -0.493 e. The molecule has 1 aromatic heterocycles. The van der Waals surface area contributed by atoms with Crippen LogP contribution in [0.15, 0.2) is 52.9 Å². The van der Waals surface area contributed by atoms with Crippen LogP contribution in [0.4, 0.5) is 5.69 Å². The zero-order valence-corrected chi connectivity index (χ0v) is 32.8. The summed E-state index contributed by atoms with van der Waals surface area (Å²) in [5, 5.41) is 26.7. The van der Waals surface area contributed by atoms with Crippen LogP contribution in [0.1, 0.15) is 90.6 Å². The van der Waals surface area contributed by atoms with Crippen molar-refractivity contribution < 1.29 is 62.5 Å². The lowest BCUT2D eigenvalue weighted by Gasteiger charge is -2.32. The van der Waals surface area contributed by atoms with Gasteiger partial charge in [0.05, 0.1) is 55.0 Å². The summed E-state index contributed by atoms with van der Waals surface area (Å²) in [6.07, 6.45) is 2.57. The molecule has 18 nitrogen and oxygen atoms in total. The Labute approximate surface area is 334 Å². The Hall–Kier alpha value is -6.59. The van der Waals surface area contributed by atoms with Gasteiger partial charge in [0.1, 0.15) is 29.9 Å². The number of carbonyl (C=O) groups excluding carboxylic acids is 5. The molecule has 0 fully saturated rings. The Morgan fingerprint density at radius 3 is 2.41 bits per heavy atom. The molecule has 0 saturated carbocycles. The predicted octanol–water partition coefficient (Wildman–Crippen LogP) is 3.84. The normalized spacial score (nSPS) is 13.4. The van der Waals surface area contributed by atoms with Gasteiger partial charge < -0.3 is 49.8 Å². The Morgan fingerprint density at radius 2 is 1.74 bits per heavy atom. The lowest BCUT2D eigenvalue weighted by Crippen LogP contribution is -2.49. The number of fused-ring (bicyclic) bond motifs is 1. The first-order valence-corrected chi connectivity index (χ1v) is 18.9. The average Bonchev–Trinajstić information content (AvgIpc) is 3.70. The van der Waals surface area contributed by atoms with Gasteiger partial charge in [0.15, 0.2) is 5.76 Å². The molecule has 5 N–H and O–H groups in total. The van der Waals surface area contributed by atoms with Gasteiger partial charge in [-0.15, -0.1) is 0 Å². The Kier molecular flexibility index (Phi) is 16.0. The topological polar surface area (TPSA) is 243 Å². The fourth-order valence-corrected chi connectivity index (χ4v) is 6.34. The van der Waals surface area contributed by atoms with Crippen LogP contribution in [0.3, 0.4) is 0 Å². The van der Waals surface area contributed by atoms with Crippen molar-refractivity contribution in [3.8, 4) is 22.8 Å². The molecule has 0 bridgehead atoms. The molecule has 4 amide bonds. The molecule has 3 aromatic rings. The van der Waals surface area contributed by atoms with E-state index in [1.165, 1.54) is 30.3 Å². The van der Waals surface area contributed by atoms with Gasteiger partial charge in [-0.05, 0) is 62.2 Å². The standard InChI is InChI=1S/C40H49N5O13/c1-5-8-9-10-26(29(6-2)45(23-46)58-40(54)25-12-14-32-30(19-25)44(4)17-18-56-32)36(49)41-22-42-38(51)33-16-15-31(57-33)24-11-13-27(34(20-24)55-7-3)37(50)43-28(39(52)53)21-35(47)48/h11-16,19-20,23,26,28-29H,5-10,17-18,21-22H2,1-4H3,(H,41,49)(H,42,51)(H,43,50)(H,47,48)(H,52,53)/t26-,28+,29-/m1/s1. The zero-order valence-electron chi connectivity index (χ0n) is 32.8. The molecular weight excluding hydrogens is 758 g/mol. The summed E-state index contributed by atoms with van der Waals surface area (Å²) < 4.78 is 17.0. The number of rotatable bonds is 22. The van der Waals surface area contributed by atoms with Gasteiger partial charge in [-0.25, -0.2) is 9.59 Å². The van der Waals surface area contributed by atoms with Gasteiger partial charge in [-0.3, -0.25) is 24.0 Å². The van der Waals surface area contributed by atoms with Crippen LogP contribution in [0.25, 0.3) is 11.3 Å². The first kappa shape index (κ1) is 44.1. The number of likely N-dealkylation sites (N-methyl/N-ethyl adjacent to an activating group) is 1. The van der Waals surface area contributed by atoms with Crippen molar-refractivity contribution in [1.82, 2.24) is 21.0 Å². The molecule has 1 aliphatic rings. The molecule has 0 spiro atoms. The molecule has 2 aromatic carbocycles. The van der Waals surface area contributed by atoms with Crippen molar-refractivity contribution in [2.45, 2.75) is 71.4 Å². The van der Waals surface area contributed by atoms with Crippen LogP contribution < -0.4 is 30.3 Å². The third-order valence-corrected chi connectivity index (χ3v) is 9.38. The molecule has 0 radical (unpaired) electrons. The largest absolute Gasteiger partial charge is 0.493 e. The second-order valence-corrected chi connectivity index (χ2v) is 13.4. The Morgan fingerprint density at radius 1 is 0.966 bits per heavy atom. The number of ether oxygens (including phenoxy) is 2. The van der Waals surface area contributed by atoms with Gasteiger partial charge in [0.25, 0.3) is 11.8 Å². The van der Waals surface area contributed by atoms with E-state index in [0.29, 0.717) is 49.4 Å². The van der Waals surface area contributed by atoms with Crippen molar-refractivity contribution in [3.63, 3.8) is 0 Å². The quantitative estimate of drug-likeness (QED) is 0.0420. The van der Waals surface area contributed by atoms with Crippen molar-refractivity contribution in [2.75, 3.05) is 38.4 Å². The van der Waals surface area contributed by atoms with E-state index >= 15 is 0 Å². The van der Waals surface area contributed by atoms with E-state index in [-0.39, 0.29) is 48.1 Å². The summed E-state index contributed by atoms with van der Waals surface area (Å²) in [5.41, 5.74) is 1.26. The number of hydrogen-bond donors (Lipinski definition) is 5. The minimum absolute atomic E-state index is 0.0480. The van der Waals surface area contributed by atoms with Crippen LogP contribution in [-0.2, 0) is 24.0 Å². The molecule has 0 aliphatic carbocycles. The summed E-state index contributed by atoms with van der Waals surface area (Å²) in [6, 6.07) is 9.54. The van der Waals surface area contributed by atoms with Crippen LogP contribution in [0.2, 0.25) is 0 Å². The molecule has 4 rings (SSSR count). The van der Waals surface area contributed by atoms with Gasteiger partial charge in [-0.1, -0.05) is 39.2 Å². The van der Waals surface area contributed by atoms with Crippen molar-refractivity contribution in [3.05, 3.63) is 65.4 Å². The number of anilines is 1. The van der Waals surface area contributed by atoms with Crippen molar-refractivity contribution in [1.29, 1.82) is 0 Å². The third-order valence-electron chi connectivity index (χ3n) is 9.38. The Balaban J connectivity index is 1.41. The zero-order chi connectivity index (χ0) is 42.4. The number of furan rings is 1. The summed E-state index contributed by atoms with van der Waals surface area (Å²) in [4.78, 5) is 95.2. The first-order valence-electron chi connectivity index (χ1n) is 18.9.